The van der Waals surface area contributed by atoms with Crippen LogP contribution in [0.2, 0.25) is 0 Å². The number of aliphatic hydroxyl groups is 2. The van der Waals surface area contributed by atoms with Crippen molar-refractivity contribution < 1.29 is 32.9 Å². The second-order valence-electron chi connectivity index (χ2n) is 6.91. The quantitative estimate of drug-likeness (QED) is 0.308. The summed E-state index contributed by atoms with van der Waals surface area (Å²) in [6, 6.07) is 8.34. The zero-order chi connectivity index (χ0) is 23.8. The van der Waals surface area contributed by atoms with Gasteiger partial charge >= 0.3 is 12.1 Å². The second kappa shape index (κ2) is 9.18. The van der Waals surface area contributed by atoms with Crippen LogP contribution in [0.1, 0.15) is 35.9 Å². The number of ether oxygens (including phenoxy) is 1. The Bertz CT molecular complexity index is 1100. The molecular formula is C21H18BrF3N2O4S. The van der Waals surface area contributed by atoms with Gasteiger partial charge in [0.1, 0.15) is 0 Å². The van der Waals surface area contributed by atoms with Gasteiger partial charge in [-0.1, -0.05) is 34.1 Å². The first-order valence-corrected chi connectivity index (χ1v) is 10.4. The zero-order valence-electron chi connectivity index (χ0n) is 16.8. The Morgan fingerprint density at radius 2 is 1.94 bits per heavy atom. The molecule has 0 saturated carbocycles. The van der Waals surface area contributed by atoms with Crippen LogP contribution in [-0.2, 0) is 15.7 Å². The predicted molar refractivity (Wildman–Crippen MR) is 118 cm³/mol. The molecule has 0 bridgehead atoms. The van der Waals surface area contributed by atoms with Crippen LogP contribution in [-0.4, -0.2) is 28.4 Å². The standard InChI is InChI=1S/C21H18BrF3N2O4S/c1-10-16(19(30)31-2)17(14-7-6-11(18(28)29)8-15(14)22)26-20(32)27(10)13-5-3-4-12(9-13)21(23,24)25/h3-9,17-18,28-29H,1-2H3,(H,26,32). The van der Waals surface area contributed by atoms with E-state index in [-0.39, 0.29) is 21.9 Å². The lowest BCUT2D eigenvalue weighted by Gasteiger charge is -2.38. The van der Waals surface area contributed by atoms with Gasteiger partial charge in [0.25, 0.3) is 0 Å². The molecule has 0 radical (unpaired) electrons. The normalized spacial score (nSPS) is 17.0. The number of hydrogen-bond acceptors (Lipinski definition) is 5. The maximum Gasteiger partial charge on any atom is 0.416 e. The van der Waals surface area contributed by atoms with Crippen LogP contribution in [0.5, 0.6) is 0 Å². The van der Waals surface area contributed by atoms with E-state index in [2.05, 4.69) is 21.2 Å². The van der Waals surface area contributed by atoms with Crippen molar-refractivity contribution in [1.82, 2.24) is 5.32 Å². The number of aliphatic hydroxyl groups excluding tert-OH is 1. The third-order valence-corrected chi connectivity index (χ3v) is 5.94. The fourth-order valence-electron chi connectivity index (χ4n) is 3.42. The van der Waals surface area contributed by atoms with Crippen molar-refractivity contribution in [3.8, 4) is 0 Å². The molecule has 0 aliphatic carbocycles. The summed E-state index contributed by atoms with van der Waals surface area (Å²) < 4.78 is 45.0. The molecule has 0 spiro atoms. The molecule has 6 nitrogen and oxygen atoms in total. The third-order valence-electron chi connectivity index (χ3n) is 4.96. The molecule has 32 heavy (non-hydrogen) atoms. The number of hydrogen-bond donors (Lipinski definition) is 3. The number of halogens is 4. The van der Waals surface area contributed by atoms with Crippen LogP contribution in [0, 0.1) is 0 Å². The molecule has 0 fully saturated rings. The van der Waals surface area contributed by atoms with E-state index in [1.165, 1.54) is 36.3 Å². The average Bonchev–Trinajstić information content (AvgIpc) is 2.72. The first-order valence-electron chi connectivity index (χ1n) is 9.18. The summed E-state index contributed by atoms with van der Waals surface area (Å²) in [6.45, 7) is 1.56. The van der Waals surface area contributed by atoms with E-state index in [0.717, 1.165) is 12.1 Å². The number of benzene rings is 2. The average molecular weight is 531 g/mol. The molecule has 1 aliphatic heterocycles. The minimum absolute atomic E-state index is 0.0812. The lowest BCUT2D eigenvalue weighted by molar-refractivity contribution is -0.138. The molecule has 1 atom stereocenters. The highest BCUT2D eigenvalue weighted by Crippen LogP contribution is 2.39. The van der Waals surface area contributed by atoms with Crippen LogP contribution < -0.4 is 10.2 Å². The van der Waals surface area contributed by atoms with Crippen molar-refractivity contribution in [2.75, 3.05) is 12.0 Å². The molecule has 2 aromatic rings. The van der Waals surface area contributed by atoms with Gasteiger partial charge in [0.2, 0.25) is 0 Å². The summed E-state index contributed by atoms with van der Waals surface area (Å²) in [5.41, 5.74) is 0.477. The monoisotopic (exact) mass is 530 g/mol. The van der Waals surface area contributed by atoms with Gasteiger partial charge in [0, 0.05) is 21.4 Å². The van der Waals surface area contributed by atoms with Crippen molar-refractivity contribution in [3.05, 3.63) is 74.9 Å². The van der Waals surface area contributed by atoms with E-state index in [1.807, 2.05) is 0 Å². The molecule has 11 heteroatoms. The van der Waals surface area contributed by atoms with Crippen molar-refractivity contribution in [2.24, 2.45) is 0 Å². The van der Waals surface area contributed by atoms with Crippen LogP contribution in [0.4, 0.5) is 18.9 Å². The number of esters is 1. The predicted octanol–water partition coefficient (Wildman–Crippen LogP) is 4.33. The lowest BCUT2D eigenvalue weighted by Crippen LogP contribution is -2.48. The Morgan fingerprint density at radius 1 is 1.25 bits per heavy atom. The van der Waals surface area contributed by atoms with Crippen LogP contribution >= 0.6 is 28.1 Å². The minimum atomic E-state index is -4.55. The molecule has 0 aromatic heterocycles. The number of thiocarbonyl (C=S) groups is 1. The van der Waals surface area contributed by atoms with Gasteiger partial charge < -0.3 is 20.3 Å². The summed E-state index contributed by atoms with van der Waals surface area (Å²) in [4.78, 5) is 14.0. The molecule has 2 aromatic carbocycles. The topological polar surface area (TPSA) is 82.0 Å². The number of nitrogens with zero attached hydrogens (tertiary/aromatic N) is 1. The van der Waals surface area contributed by atoms with Crippen molar-refractivity contribution >= 4 is 44.9 Å². The fourth-order valence-corrected chi connectivity index (χ4v) is 4.41. The number of alkyl halides is 3. The highest BCUT2D eigenvalue weighted by Gasteiger charge is 2.37. The van der Waals surface area contributed by atoms with Gasteiger partial charge in [0.15, 0.2) is 11.4 Å². The highest BCUT2D eigenvalue weighted by molar-refractivity contribution is 9.10. The van der Waals surface area contributed by atoms with E-state index in [9.17, 15) is 28.2 Å². The van der Waals surface area contributed by atoms with Gasteiger partial charge in [0.05, 0.1) is 24.3 Å². The summed E-state index contributed by atoms with van der Waals surface area (Å²) in [7, 11) is 1.20. The molecule has 170 valence electrons. The number of carbonyl (C=O) groups excluding carboxylic acids is 1. The Kier molecular flexibility index (Phi) is 6.94. The van der Waals surface area contributed by atoms with Crippen molar-refractivity contribution in [3.63, 3.8) is 0 Å². The first kappa shape index (κ1) is 24.2. The molecule has 0 amide bonds. The molecule has 1 aliphatic rings. The van der Waals surface area contributed by atoms with Gasteiger partial charge in [-0.15, -0.1) is 0 Å². The Labute approximate surface area is 195 Å². The van der Waals surface area contributed by atoms with Gasteiger partial charge in [-0.25, -0.2) is 4.79 Å². The number of nitrogens with one attached hydrogen (secondary N) is 1. The number of allylic oxidation sites excluding steroid dienone is 1. The van der Waals surface area contributed by atoms with Crippen LogP contribution in [0.3, 0.4) is 0 Å². The Hall–Kier alpha value is -2.47. The molecule has 0 saturated heterocycles. The number of carbonyl (C=O) groups is 1. The zero-order valence-corrected chi connectivity index (χ0v) is 19.2. The number of rotatable bonds is 4. The third kappa shape index (κ3) is 4.65. The minimum Gasteiger partial charge on any atom is -0.466 e. The largest absolute Gasteiger partial charge is 0.466 e. The highest BCUT2D eigenvalue weighted by atomic mass is 79.9. The summed E-state index contributed by atoms with van der Waals surface area (Å²) >= 11 is 8.80. The second-order valence-corrected chi connectivity index (χ2v) is 8.15. The fraction of sp³-hybridized carbons (Fsp3) is 0.238. The molecule has 1 heterocycles. The van der Waals surface area contributed by atoms with Crippen molar-refractivity contribution in [1.29, 1.82) is 0 Å². The molecule has 3 rings (SSSR count). The number of anilines is 1. The maximum atomic E-state index is 13.2. The van der Waals surface area contributed by atoms with Crippen LogP contribution in [0.25, 0.3) is 0 Å². The van der Waals surface area contributed by atoms with E-state index < -0.39 is 30.0 Å². The smallest absolute Gasteiger partial charge is 0.416 e. The molecular weight excluding hydrogens is 513 g/mol. The summed E-state index contributed by atoms with van der Waals surface area (Å²) in [5.74, 6) is -0.697. The van der Waals surface area contributed by atoms with Crippen LogP contribution in [0.15, 0.2) is 58.2 Å². The van der Waals surface area contributed by atoms with E-state index in [4.69, 9.17) is 17.0 Å². The number of methoxy groups -OCH3 is 1. The maximum absolute atomic E-state index is 13.2. The molecule has 1 unspecified atom stereocenters. The van der Waals surface area contributed by atoms with Gasteiger partial charge in [-0.2, -0.15) is 13.2 Å². The van der Waals surface area contributed by atoms with Gasteiger partial charge in [-0.3, -0.25) is 4.90 Å². The Morgan fingerprint density at radius 3 is 2.50 bits per heavy atom. The molecule has 3 N–H and O–H groups in total. The Balaban J connectivity index is 2.15. The summed E-state index contributed by atoms with van der Waals surface area (Å²) in [5, 5.41) is 21.8. The van der Waals surface area contributed by atoms with E-state index in [0.29, 0.717) is 15.7 Å². The first-order chi connectivity index (χ1) is 15.0. The van der Waals surface area contributed by atoms with Gasteiger partial charge in [-0.05, 0) is 49.0 Å². The SMILES string of the molecule is COC(=O)C1=C(C)N(c2cccc(C(F)(F)F)c2)C(=S)NC1c1ccc(C(O)O)cc1Br. The van der Waals surface area contributed by atoms with E-state index >= 15 is 0 Å². The summed E-state index contributed by atoms with van der Waals surface area (Å²) in [6.07, 6.45) is -6.23. The lowest BCUT2D eigenvalue weighted by atomic mass is 9.94. The van der Waals surface area contributed by atoms with Crippen molar-refractivity contribution in [2.45, 2.75) is 25.4 Å². The van der Waals surface area contributed by atoms with E-state index in [1.54, 1.807) is 13.0 Å².